The molecule has 0 fully saturated rings. The van der Waals surface area contributed by atoms with Gasteiger partial charge in [0.05, 0.1) is 4.92 Å². The summed E-state index contributed by atoms with van der Waals surface area (Å²) in [6.07, 6.45) is 0.359. The van der Waals surface area contributed by atoms with Gasteiger partial charge in [0.15, 0.2) is 0 Å². The zero-order valence-corrected chi connectivity index (χ0v) is 13.5. The SMILES string of the molecule is CCC(=O)Nc1ccc(C(=O)Nc2ccc(Cl)c([N+](=O)[O-])c2)cc1. The minimum absolute atomic E-state index is 0.00554. The normalized spacial score (nSPS) is 10.1. The molecule has 2 aromatic carbocycles. The number of carbonyl (C=O) groups is 2. The van der Waals surface area contributed by atoms with Crippen molar-refractivity contribution in [1.29, 1.82) is 0 Å². The van der Waals surface area contributed by atoms with Crippen LogP contribution >= 0.6 is 11.6 Å². The fraction of sp³-hybridized carbons (Fsp3) is 0.125. The fourth-order valence-electron chi connectivity index (χ4n) is 1.89. The minimum atomic E-state index is -0.622. The van der Waals surface area contributed by atoms with E-state index in [0.29, 0.717) is 17.7 Å². The molecule has 2 aromatic rings. The van der Waals surface area contributed by atoms with Crippen molar-refractivity contribution in [2.45, 2.75) is 13.3 Å². The van der Waals surface area contributed by atoms with Crippen LogP contribution in [0.5, 0.6) is 0 Å². The molecule has 0 heterocycles. The second kappa shape index (κ2) is 7.56. The molecule has 0 aliphatic heterocycles. The van der Waals surface area contributed by atoms with E-state index in [-0.39, 0.29) is 22.3 Å². The average molecular weight is 348 g/mol. The van der Waals surface area contributed by atoms with Gasteiger partial charge in [0.1, 0.15) is 5.02 Å². The Kier molecular flexibility index (Phi) is 5.49. The summed E-state index contributed by atoms with van der Waals surface area (Å²) in [6, 6.07) is 10.3. The van der Waals surface area contributed by atoms with Crippen molar-refractivity contribution in [3.8, 4) is 0 Å². The molecule has 8 heteroatoms. The monoisotopic (exact) mass is 347 g/mol. The Bertz CT molecular complexity index is 790. The third kappa shape index (κ3) is 4.30. The molecule has 0 aliphatic carbocycles. The van der Waals surface area contributed by atoms with Crippen LogP contribution < -0.4 is 10.6 Å². The number of hydrogen-bond donors (Lipinski definition) is 2. The Hall–Kier alpha value is -2.93. The zero-order chi connectivity index (χ0) is 17.7. The summed E-state index contributed by atoms with van der Waals surface area (Å²) in [4.78, 5) is 33.7. The molecule has 0 radical (unpaired) electrons. The van der Waals surface area contributed by atoms with Gasteiger partial charge in [-0.05, 0) is 36.4 Å². The van der Waals surface area contributed by atoms with E-state index in [0.717, 1.165) is 0 Å². The highest BCUT2D eigenvalue weighted by atomic mass is 35.5. The highest BCUT2D eigenvalue weighted by Crippen LogP contribution is 2.27. The van der Waals surface area contributed by atoms with E-state index in [2.05, 4.69) is 10.6 Å². The van der Waals surface area contributed by atoms with Gasteiger partial charge >= 0.3 is 0 Å². The molecule has 0 spiro atoms. The molecule has 2 rings (SSSR count). The Morgan fingerprint density at radius 3 is 2.29 bits per heavy atom. The van der Waals surface area contributed by atoms with Crippen LogP contribution in [-0.4, -0.2) is 16.7 Å². The van der Waals surface area contributed by atoms with Crippen LogP contribution in [0, 0.1) is 10.1 Å². The Balaban J connectivity index is 2.11. The number of anilines is 2. The second-order valence-electron chi connectivity index (χ2n) is 4.86. The molecule has 0 aliphatic rings. The first-order valence-corrected chi connectivity index (χ1v) is 7.43. The molecule has 124 valence electrons. The van der Waals surface area contributed by atoms with Crippen LogP contribution in [0.1, 0.15) is 23.7 Å². The first-order chi connectivity index (χ1) is 11.4. The van der Waals surface area contributed by atoms with Gasteiger partial charge in [-0.1, -0.05) is 18.5 Å². The maximum atomic E-state index is 12.2. The van der Waals surface area contributed by atoms with Crippen LogP contribution in [0.3, 0.4) is 0 Å². The predicted molar refractivity (Wildman–Crippen MR) is 91.4 cm³/mol. The minimum Gasteiger partial charge on any atom is -0.326 e. The van der Waals surface area contributed by atoms with Crippen molar-refractivity contribution < 1.29 is 14.5 Å². The Morgan fingerprint density at radius 2 is 1.71 bits per heavy atom. The van der Waals surface area contributed by atoms with Crippen LogP contribution in [0.25, 0.3) is 0 Å². The summed E-state index contributed by atoms with van der Waals surface area (Å²) in [6.45, 7) is 1.74. The van der Waals surface area contributed by atoms with Crippen molar-refractivity contribution in [3.05, 3.63) is 63.2 Å². The first kappa shape index (κ1) is 17.4. The van der Waals surface area contributed by atoms with Crippen molar-refractivity contribution in [3.63, 3.8) is 0 Å². The fourth-order valence-corrected chi connectivity index (χ4v) is 2.07. The number of carbonyl (C=O) groups excluding carboxylic acids is 2. The van der Waals surface area contributed by atoms with Crippen LogP contribution in [0.2, 0.25) is 5.02 Å². The van der Waals surface area contributed by atoms with Crippen LogP contribution in [-0.2, 0) is 4.79 Å². The lowest BCUT2D eigenvalue weighted by Gasteiger charge is -2.07. The third-order valence-corrected chi connectivity index (χ3v) is 3.47. The van der Waals surface area contributed by atoms with Crippen molar-refractivity contribution in [1.82, 2.24) is 0 Å². The number of nitrogens with zero attached hydrogens (tertiary/aromatic N) is 1. The topological polar surface area (TPSA) is 101 Å². The van der Waals surface area contributed by atoms with E-state index in [1.54, 1.807) is 31.2 Å². The smallest absolute Gasteiger partial charge is 0.289 e. The van der Waals surface area contributed by atoms with Gasteiger partial charge in [0.25, 0.3) is 11.6 Å². The Morgan fingerprint density at radius 1 is 1.08 bits per heavy atom. The lowest BCUT2D eigenvalue weighted by atomic mass is 10.2. The maximum Gasteiger partial charge on any atom is 0.289 e. The average Bonchev–Trinajstić information content (AvgIpc) is 2.56. The summed E-state index contributed by atoms with van der Waals surface area (Å²) >= 11 is 5.73. The molecule has 0 bridgehead atoms. The largest absolute Gasteiger partial charge is 0.326 e. The van der Waals surface area contributed by atoms with E-state index in [9.17, 15) is 19.7 Å². The lowest BCUT2D eigenvalue weighted by Crippen LogP contribution is -2.13. The van der Waals surface area contributed by atoms with Crippen molar-refractivity contribution >= 4 is 40.5 Å². The first-order valence-electron chi connectivity index (χ1n) is 7.06. The quantitative estimate of drug-likeness (QED) is 0.633. The van der Waals surface area contributed by atoms with E-state index in [4.69, 9.17) is 11.6 Å². The third-order valence-electron chi connectivity index (χ3n) is 3.15. The van der Waals surface area contributed by atoms with Crippen LogP contribution in [0.15, 0.2) is 42.5 Å². The summed E-state index contributed by atoms with van der Waals surface area (Å²) in [5, 5.41) is 16.1. The number of halogens is 1. The van der Waals surface area contributed by atoms with Gasteiger partial charge in [0, 0.05) is 29.4 Å². The molecular formula is C16H14ClN3O4. The van der Waals surface area contributed by atoms with Gasteiger partial charge < -0.3 is 10.6 Å². The van der Waals surface area contributed by atoms with Crippen LogP contribution in [0.4, 0.5) is 17.1 Å². The molecule has 0 aromatic heterocycles. The van der Waals surface area contributed by atoms with E-state index in [1.807, 2.05) is 0 Å². The molecule has 0 saturated carbocycles. The summed E-state index contributed by atoms with van der Waals surface area (Å²) < 4.78 is 0. The number of nitrogens with one attached hydrogen (secondary N) is 2. The lowest BCUT2D eigenvalue weighted by molar-refractivity contribution is -0.384. The molecule has 0 atom stereocenters. The second-order valence-corrected chi connectivity index (χ2v) is 5.26. The summed E-state index contributed by atoms with van der Waals surface area (Å²) in [5.74, 6) is -0.555. The molecule has 2 amide bonds. The number of hydrogen-bond acceptors (Lipinski definition) is 4. The van der Waals surface area contributed by atoms with E-state index >= 15 is 0 Å². The van der Waals surface area contributed by atoms with Crippen molar-refractivity contribution in [2.75, 3.05) is 10.6 Å². The van der Waals surface area contributed by atoms with Gasteiger partial charge in [-0.3, -0.25) is 19.7 Å². The van der Waals surface area contributed by atoms with Crippen molar-refractivity contribution in [2.24, 2.45) is 0 Å². The maximum absolute atomic E-state index is 12.2. The molecular weight excluding hydrogens is 334 g/mol. The number of nitro benzene ring substituents is 1. The van der Waals surface area contributed by atoms with E-state index < -0.39 is 10.8 Å². The standard InChI is InChI=1S/C16H14ClN3O4/c1-2-15(21)18-11-5-3-10(4-6-11)16(22)19-12-7-8-13(17)14(9-12)20(23)24/h3-9H,2H2,1H3,(H,18,21)(H,19,22). The molecule has 24 heavy (non-hydrogen) atoms. The number of rotatable bonds is 5. The molecule has 7 nitrogen and oxygen atoms in total. The van der Waals surface area contributed by atoms with Gasteiger partial charge in [-0.15, -0.1) is 0 Å². The number of amides is 2. The van der Waals surface area contributed by atoms with Gasteiger partial charge in [0.2, 0.25) is 5.91 Å². The Labute approximate surface area is 142 Å². The molecule has 2 N–H and O–H groups in total. The number of benzene rings is 2. The summed E-state index contributed by atoms with van der Waals surface area (Å²) in [5.41, 5.74) is 0.911. The predicted octanol–water partition coefficient (Wildman–Crippen LogP) is 3.85. The van der Waals surface area contributed by atoms with Gasteiger partial charge in [-0.25, -0.2) is 0 Å². The molecule has 0 saturated heterocycles. The highest BCUT2D eigenvalue weighted by molar-refractivity contribution is 6.32. The number of nitro groups is 1. The molecule has 0 unspecified atom stereocenters. The summed E-state index contributed by atoms with van der Waals surface area (Å²) in [7, 11) is 0. The van der Waals surface area contributed by atoms with E-state index in [1.165, 1.54) is 18.2 Å². The van der Waals surface area contributed by atoms with Gasteiger partial charge in [-0.2, -0.15) is 0 Å². The highest BCUT2D eigenvalue weighted by Gasteiger charge is 2.14. The zero-order valence-electron chi connectivity index (χ0n) is 12.7.